The second-order valence-electron chi connectivity index (χ2n) is 2.88. The lowest BCUT2D eigenvalue weighted by molar-refractivity contribution is 0.314. The Kier molecular flexibility index (Phi) is 6.28. The van der Waals surface area contributed by atoms with Crippen molar-refractivity contribution in [2.75, 3.05) is 25.4 Å². The number of sulfonamides is 1. The molecule has 0 unspecified atom stereocenters. The van der Waals surface area contributed by atoms with Crippen LogP contribution in [-0.4, -0.2) is 43.3 Å². The van der Waals surface area contributed by atoms with Gasteiger partial charge in [-0.25, -0.2) is 12.7 Å². The first kappa shape index (κ1) is 12.9. The normalized spacial score (nSPS) is 12.3. The molecule has 5 heteroatoms. The molecule has 0 rings (SSSR count). The van der Waals surface area contributed by atoms with Gasteiger partial charge in [0.2, 0.25) is 10.0 Å². The molecule has 0 saturated carbocycles. The zero-order valence-corrected chi connectivity index (χ0v) is 9.18. The summed E-state index contributed by atoms with van der Waals surface area (Å²) in [4.78, 5) is 0. The van der Waals surface area contributed by atoms with Gasteiger partial charge in [0.1, 0.15) is 0 Å². The molecule has 0 fully saturated rings. The van der Waals surface area contributed by atoms with Gasteiger partial charge in [0, 0.05) is 13.1 Å². The fraction of sp³-hybridized carbons (Fsp3) is 1.00. The van der Waals surface area contributed by atoms with Crippen molar-refractivity contribution in [3.8, 4) is 0 Å². The molecule has 80 valence electrons. The molecular formula is C8H19NO3S. The molecule has 4 nitrogen and oxygen atoms in total. The molecule has 0 amide bonds. The summed E-state index contributed by atoms with van der Waals surface area (Å²) < 4.78 is 24.3. The van der Waals surface area contributed by atoms with Crippen LogP contribution in [0.4, 0.5) is 0 Å². The van der Waals surface area contributed by atoms with Crippen molar-refractivity contribution in [2.45, 2.75) is 26.7 Å². The first-order chi connectivity index (χ1) is 6.08. The maximum atomic E-state index is 11.4. The summed E-state index contributed by atoms with van der Waals surface area (Å²) in [5, 5.41) is 8.57. The number of rotatable bonds is 7. The lowest BCUT2D eigenvalue weighted by atomic mass is 10.3. The van der Waals surface area contributed by atoms with Crippen molar-refractivity contribution >= 4 is 10.0 Å². The number of nitrogens with zero attached hydrogens (tertiary/aromatic N) is 1. The minimum atomic E-state index is -3.21. The van der Waals surface area contributed by atoms with Crippen molar-refractivity contribution in [2.24, 2.45) is 0 Å². The van der Waals surface area contributed by atoms with E-state index in [0.717, 1.165) is 12.8 Å². The molecule has 0 radical (unpaired) electrons. The van der Waals surface area contributed by atoms with E-state index in [1.54, 1.807) is 0 Å². The second kappa shape index (κ2) is 6.34. The number of hydrogen-bond acceptors (Lipinski definition) is 3. The van der Waals surface area contributed by atoms with E-state index in [2.05, 4.69) is 0 Å². The van der Waals surface area contributed by atoms with Crippen LogP contribution in [0, 0.1) is 0 Å². The predicted octanol–water partition coefficient (Wildman–Crippen LogP) is 0.430. The van der Waals surface area contributed by atoms with E-state index < -0.39 is 10.0 Å². The van der Waals surface area contributed by atoms with Gasteiger partial charge < -0.3 is 5.11 Å². The van der Waals surface area contributed by atoms with Gasteiger partial charge in [-0.2, -0.15) is 0 Å². The van der Waals surface area contributed by atoms with Crippen molar-refractivity contribution in [3.63, 3.8) is 0 Å². The first-order valence-corrected chi connectivity index (χ1v) is 6.28. The van der Waals surface area contributed by atoms with Gasteiger partial charge >= 0.3 is 0 Å². The summed E-state index contributed by atoms with van der Waals surface area (Å²) in [6.07, 6.45) is 1.85. The molecule has 0 spiro atoms. The van der Waals surface area contributed by atoms with Crippen LogP contribution in [0.25, 0.3) is 0 Å². The van der Waals surface area contributed by atoms with Gasteiger partial charge in [-0.05, 0) is 6.42 Å². The fourth-order valence-corrected chi connectivity index (χ4v) is 2.36. The molecule has 13 heavy (non-hydrogen) atoms. The Morgan fingerprint density at radius 1 is 1.31 bits per heavy atom. The highest BCUT2D eigenvalue weighted by atomic mass is 32.2. The zero-order chi connectivity index (χ0) is 10.3. The van der Waals surface area contributed by atoms with E-state index in [1.807, 2.05) is 13.8 Å². The van der Waals surface area contributed by atoms with Crippen LogP contribution in [-0.2, 0) is 10.0 Å². The summed E-state index contributed by atoms with van der Waals surface area (Å²) in [6, 6.07) is 0. The van der Waals surface area contributed by atoms with Gasteiger partial charge in [-0.15, -0.1) is 0 Å². The lowest BCUT2D eigenvalue weighted by Crippen LogP contribution is -2.34. The van der Waals surface area contributed by atoms with Gasteiger partial charge in [0.05, 0.1) is 12.4 Å². The van der Waals surface area contributed by atoms with Crippen LogP contribution in [0.15, 0.2) is 0 Å². The summed E-state index contributed by atoms with van der Waals surface area (Å²) in [5.74, 6) is -0.162. The molecule has 0 atom stereocenters. The summed E-state index contributed by atoms with van der Waals surface area (Å²) in [7, 11) is -3.21. The minimum absolute atomic E-state index is 0.162. The second-order valence-corrected chi connectivity index (χ2v) is 4.97. The predicted molar refractivity (Wildman–Crippen MR) is 53.0 cm³/mol. The molecule has 1 N–H and O–H groups in total. The first-order valence-electron chi connectivity index (χ1n) is 4.67. The average molecular weight is 209 g/mol. The fourth-order valence-electron chi connectivity index (χ4n) is 1.07. The van der Waals surface area contributed by atoms with Crippen molar-refractivity contribution in [1.82, 2.24) is 4.31 Å². The summed E-state index contributed by atoms with van der Waals surface area (Å²) in [5.41, 5.74) is 0. The molecule has 0 aromatic heterocycles. The van der Waals surface area contributed by atoms with Gasteiger partial charge in [-0.1, -0.05) is 20.3 Å². The van der Waals surface area contributed by atoms with Crippen LogP contribution in [0.3, 0.4) is 0 Å². The highest BCUT2D eigenvalue weighted by Gasteiger charge is 2.18. The third-order valence-corrected chi connectivity index (χ3v) is 3.78. The van der Waals surface area contributed by atoms with E-state index in [1.165, 1.54) is 4.31 Å². The quantitative estimate of drug-likeness (QED) is 0.661. The molecule has 0 aromatic rings. The Morgan fingerprint density at radius 3 is 2.31 bits per heavy atom. The largest absolute Gasteiger partial charge is 0.395 e. The minimum Gasteiger partial charge on any atom is -0.395 e. The molecule has 0 aromatic carbocycles. The van der Waals surface area contributed by atoms with Crippen LogP contribution in [0.5, 0.6) is 0 Å². The maximum Gasteiger partial charge on any atom is 0.216 e. The zero-order valence-electron chi connectivity index (χ0n) is 8.36. The Balaban J connectivity index is 4.20. The van der Waals surface area contributed by atoms with E-state index in [4.69, 9.17) is 5.11 Å². The van der Waals surface area contributed by atoms with Gasteiger partial charge in [0.25, 0.3) is 0 Å². The maximum absolute atomic E-state index is 11.4. The molecular weight excluding hydrogens is 190 g/mol. The van der Waals surface area contributed by atoms with E-state index >= 15 is 0 Å². The Bertz CT molecular complexity index is 213. The highest BCUT2D eigenvalue weighted by Crippen LogP contribution is 2.03. The van der Waals surface area contributed by atoms with Crippen LogP contribution in [0.1, 0.15) is 26.7 Å². The molecule has 0 aliphatic carbocycles. The van der Waals surface area contributed by atoms with Gasteiger partial charge in [0.15, 0.2) is 0 Å². The van der Waals surface area contributed by atoms with E-state index in [-0.39, 0.29) is 12.4 Å². The SMILES string of the molecule is CCCCN(CC)S(=O)(=O)CCO. The summed E-state index contributed by atoms with van der Waals surface area (Å²) >= 11 is 0. The number of aliphatic hydroxyl groups excluding tert-OH is 1. The third kappa shape index (κ3) is 4.59. The smallest absolute Gasteiger partial charge is 0.216 e. The average Bonchev–Trinajstić information content (AvgIpc) is 2.05. The van der Waals surface area contributed by atoms with Crippen LogP contribution in [0.2, 0.25) is 0 Å². The molecule has 0 aliphatic heterocycles. The van der Waals surface area contributed by atoms with E-state index in [0.29, 0.717) is 13.1 Å². The number of unbranched alkanes of at least 4 members (excludes halogenated alkanes) is 1. The topological polar surface area (TPSA) is 57.6 Å². The number of hydrogen-bond donors (Lipinski definition) is 1. The molecule has 0 aliphatic rings. The van der Waals surface area contributed by atoms with Crippen molar-refractivity contribution in [3.05, 3.63) is 0 Å². The van der Waals surface area contributed by atoms with Gasteiger partial charge in [-0.3, -0.25) is 0 Å². The lowest BCUT2D eigenvalue weighted by Gasteiger charge is -2.19. The van der Waals surface area contributed by atoms with Crippen LogP contribution >= 0.6 is 0 Å². The van der Waals surface area contributed by atoms with Crippen molar-refractivity contribution in [1.29, 1.82) is 0 Å². The van der Waals surface area contributed by atoms with Crippen LogP contribution < -0.4 is 0 Å². The highest BCUT2D eigenvalue weighted by molar-refractivity contribution is 7.89. The molecule has 0 heterocycles. The Hall–Kier alpha value is -0.130. The monoisotopic (exact) mass is 209 g/mol. The Labute approximate surface area is 80.6 Å². The third-order valence-electron chi connectivity index (χ3n) is 1.86. The Morgan fingerprint density at radius 2 is 1.92 bits per heavy atom. The standard InChI is InChI=1S/C8H19NO3S/c1-3-5-6-9(4-2)13(11,12)8-7-10/h10H,3-8H2,1-2H3. The van der Waals surface area contributed by atoms with Crippen molar-refractivity contribution < 1.29 is 13.5 Å². The summed E-state index contributed by atoms with van der Waals surface area (Å²) in [6.45, 7) is 4.58. The molecule has 0 saturated heterocycles. The number of aliphatic hydroxyl groups is 1. The van der Waals surface area contributed by atoms with E-state index in [9.17, 15) is 8.42 Å². The molecule has 0 bridgehead atoms.